The van der Waals surface area contributed by atoms with E-state index >= 15 is 0 Å². The Bertz CT molecular complexity index is 1530. The summed E-state index contributed by atoms with van der Waals surface area (Å²) in [7, 11) is -2.81. The van der Waals surface area contributed by atoms with Gasteiger partial charge in [0.25, 0.3) is 5.56 Å². The molecule has 0 amide bonds. The molecule has 16 heteroatoms. The fraction of sp³-hybridized carbons (Fsp3) is 0.571. The van der Waals surface area contributed by atoms with Gasteiger partial charge in [0.15, 0.2) is 23.2 Å². The van der Waals surface area contributed by atoms with E-state index < -0.39 is 49.5 Å². The quantitative estimate of drug-likeness (QED) is 0.172. The summed E-state index contributed by atoms with van der Waals surface area (Å²) in [6.07, 6.45) is -1.33. The summed E-state index contributed by atoms with van der Waals surface area (Å²) < 4.78 is 51.2. The Hall–Kier alpha value is -3.33. The van der Waals surface area contributed by atoms with Gasteiger partial charge in [0.2, 0.25) is 5.95 Å². The predicted molar refractivity (Wildman–Crippen MR) is 161 cm³/mol. The van der Waals surface area contributed by atoms with Gasteiger partial charge in [0, 0.05) is 7.11 Å². The number of nitrogens with one attached hydrogen (secondary N) is 2. The van der Waals surface area contributed by atoms with Crippen molar-refractivity contribution in [2.24, 2.45) is 5.92 Å². The van der Waals surface area contributed by atoms with Gasteiger partial charge in [-0.1, -0.05) is 32.0 Å². The molecule has 1 aliphatic rings. The van der Waals surface area contributed by atoms with Gasteiger partial charge in [-0.15, -0.1) is 0 Å². The first-order chi connectivity index (χ1) is 20.7. The van der Waals surface area contributed by atoms with Gasteiger partial charge < -0.3 is 29.2 Å². The number of nitrogen functional groups attached to an aromatic ring is 1. The van der Waals surface area contributed by atoms with E-state index in [1.54, 1.807) is 58.0 Å². The number of hydrogen-bond acceptors (Lipinski definition) is 12. The van der Waals surface area contributed by atoms with Crippen molar-refractivity contribution in [3.8, 4) is 5.75 Å². The van der Waals surface area contributed by atoms with Gasteiger partial charge in [-0.2, -0.15) is 10.1 Å². The number of ether oxygens (including phenoxy) is 4. The maximum absolute atomic E-state index is 14.3. The van der Waals surface area contributed by atoms with Gasteiger partial charge in [0.05, 0.1) is 19.0 Å². The standard InChI is InChI=1S/C28H41N6O9P/c1-16(2)13-19(26(36)40-17(3)4)33-44(37,43-18-11-9-8-10-12-18)39-14-20(38-7)22-25(42-28(5,6)41-22)34-15-30-21-23(34)31-27(29)32-24(21)35/h8-12,15-17,19-20,22,25H,13-14H2,1-7H3,(H,33,37)(H3,29,31,32,35)/t19-,20+,22?,25?,44?/m0/s1. The number of aromatic nitrogens is 4. The normalized spacial score (nSPS) is 20.9. The first kappa shape index (κ1) is 33.6. The zero-order valence-electron chi connectivity index (χ0n) is 25.9. The molecule has 0 spiro atoms. The minimum Gasteiger partial charge on any atom is -0.462 e. The molecule has 5 atom stereocenters. The second kappa shape index (κ2) is 13.8. The van der Waals surface area contributed by atoms with Crippen LogP contribution in [0.4, 0.5) is 5.95 Å². The van der Waals surface area contributed by atoms with E-state index in [9.17, 15) is 14.2 Å². The number of benzene rings is 1. The number of carbonyl (C=O) groups excluding carboxylic acids is 1. The summed E-state index contributed by atoms with van der Waals surface area (Å²) in [6.45, 7) is 10.4. The lowest BCUT2D eigenvalue weighted by molar-refractivity contribution is -0.162. The highest BCUT2D eigenvalue weighted by Gasteiger charge is 2.48. The summed E-state index contributed by atoms with van der Waals surface area (Å²) in [5, 5.41) is 2.81. The van der Waals surface area contributed by atoms with E-state index in [2.05, 4.69) is 20.0 Å². The van der Waals surface area contributed by atoms with Crippen molar-refractivity contribution >= 4 is 30.8 Å². The number of para-hydroxylation sites is 1. The van der Waals surface area contributed by atoms with Gasteiger partial charge >= 0.3 is 13.7 Å². The van der Waals surface area contributed by atoms with Crippen LogP contribution in [0, 0.1) is 5.92 Å². The number of hydrogen-bond donors (Lipinski definition) is 3. The SMILES string of the molecule is CO[C@H](COP(=O)(N[C@@H](CC(C)C)C(=O)OC(C)C)Oc1ccccc1)C1OC(C)(C)OC1n1cnc2c(=O)[nH]c(N)nc21. The molecule has 242 valence electrons. The molecule has 1 fully saturated rings. The minimum atomic E-state index is -4.24. The highest BCUT2D eigenvalue weighted by molar-refractivity contribution is 7.52. The molecule has 44 heavy (non-hydrogen) atoms. The van der Waals surface area contributed by atoms with E-state index in [0.29, 0.717) is 6.42 Å². The third kappa shape index (κ3) is 8.23. The first-order valence-corrected chi connectivity index (χ1v) is 15.8. The molecular formula is C28H41N6O9P. The molecule has 1 saturated heterocycles. The zero-order chi connectivity index (χ0) is 32.2. The lowest BCUT2D eigenvalue weighted by Crippen LogP contribution is -2.41. The van der Waals surface area contributed by atoms with Crippen molar-refractivity contribution in [1.82, 2.24) is 24.6 Å². The van der Waals surface area contributed by atoms with Crippen LogP contribution in [-0.2, 0) is 32.8 Å². The average Bonchev–Trinajstić information content (AvgIpc) is 3.48. The molecule has 4 rings (SSSR count). The van der Waals surface area contributed by atoms with Crippen molar-refractivity contribution in [1.29, 1.82) is 0 Å². The molecule has 15 nitrogen and oxygen atoms in total. The fourth-order valence-electron chi connectivity index (χ4n) is 4.73. The monoisotopic (exact) mass is 636 g/mol. The summed E-state index contributed by atoms with van der Waals surface area (Å²) in [5.74, 6) is -1.46. The van der Waals surface area contributed by atoms with Crippen LogP contribution in [0.2, 0.25) is 0 Å². The summed E-state index contributed by atoms with van der Waals surface area (Å²) >= 11 is 0. The fourth-order valence-corrected chi connectivity index (χ4v) is 6.25. The van der Waals surface area contributed by atoms with Gasteiger partial charge in [0.1, 0.15) is 24.0 Å². The molecule has 4 N–H and O–H groups in total. The van der Waals surface area contributed by atoms with E-state index in [0.717, 1.165) is 0 Å². The largest absolute Gasteiger partial charge is 0.462 e. The number of aromatic amines is 1. The lowest BCUT2D eigenvalue weighted by Gasteiger charge is -2.29. The molecule has 3 unspecified atom stereocenters. The Morgan fingerprint density at radius 2 is 1.91 bits per heavy atom. The molecular weight excluding hydrogens is 595 g/mol. The van der Waals surface area contributed by atoms with Crippen LogP contribution < -0.4 is 20.9 Å². The van der Waals surface area contributed by atoms with Crippen molar-refractivity contribution in [3.05, 3.63) is 47.0 Å². The van der Waals surface area contributed by atoms with Crippen LogP contribution in [0.15, 0.2) is 41.5 Å². The number of nitrogens with two attached hydrogens (primary N) is 1. The average molecular weight is 637 g/mol. The van der Waals surface area contributed by atoms with Crippen LogP contribution >= 0.6 is 7.75 Å². The molecule has 0 bridgehead atoms. The minimum absolute atomic E-state index is 0.0519. The number of methoxy groups -OCH3 is 1. The van der Waals surface area contributed by atoms with Crippen molar-refractivity contribution in [2.45, 2.75) is 84.3 Å². The number of carbonyl (C=O) groups is 1. The van der Waals surface area contributed by atoms with Crippen molar-refractivity contribution in [3.63, 3.8) is 0 Å². The Kier molecular flexibility index (Phi) is 10.5. The van der Waals surface area contributed by atoms with E-state index in [-0.39, 0.29) is 41.5 Å². The van der Waals surface area contributed by atoms with Crippen LogP contribution in [0.5, 0.6) is 5.75 Å². The molecule has 3 heterocycles. The number of H-pyrrole nitrogens is 1. The summed E-state index contributed by atoms with van der Waals surface area (Å²) in [4.78, 5) is 36.2. The number of nitrogens with zero attached hydrogens (tertiary/aromatic N) is 3. The van der Waals surface area contributed by atoms with Crippen LogP contribution in [-0.4, -0.2) is 69.3 Å². The topological polar surface area (TPSA) is 191 Å². The Morgan fingerprint density at radius 3 is 2.55 bits per heavy atom. The highest BCUT2D eigenvalue weighted by Crippen LogP contribution is 2.47. The number of rotatable bonds is 14. The van der Waals surface area contributed by atoms with Crippen LogP contribution in [0.25, 0.3) is 11.2 Å². The number of imidazole rings is 1. The van der Waals surface area contributed by atoms with Gasteiger partial charge in [-0.3, -0.25) is 23.7 Å². The third-order valence-electron chi connectivity index (χ3n) is 6.53. The molecule has 0 radical (unpaired) electrons. The predicted octanol–water partition coefficient (Wildman–Crippen LogP) is 3.53. The summed E-state index contributed by atoms with van der Waals surface area (Å²) in [5.41, 5.74) is 5.52. The zero-order valence-corrected chi connectivity index (χ0v) is 26.8. The Morgan fingerprint density at radius 1 is 1.20 bits per heavy atom. The molecule has 1 aromatic carbocycles. The Balaban J connectivity index is 1.63. The smallest absolute Gasteiger partial charge is 0.459 e. The molecule has 0 saturated carbocycles. The molecule has 3 aromatic rings. The second-order valence-electron chi connectivity index (χ2n) is 11.5. The highest BCUT2D eigenvalue weighted by atomic mass is 31.2. The van der Waals surface area contributed by atoms with E-state index in [1.807, 2.05) is 13.8 Å². The van der Waals surface area contributed by atoms with Crippen LogP contribution in [0.3, 0.4) is 0 Å². The maximum atomic E-state index is 14.3. The van der Waals surface area contributed by atoms with Crippen LogP contribution in [0.1, 0.15) is 54.2 Å². The number of fused-ring (bicyclic) bond motifs is 1. The van der Waals surface area contributed by atoms with Crippen molar-refractivity contribution in [2.75, 3.05) is 19.5 Å². The lowest BCUT2D eigenvalue weighted by atomic mass is 10.0. The second-order valence-corrected chi connectivity index (χ2v) is 13.2. The van der Waals surface area contributed by atoms with Gasteiger partial charge in [-0.25, -0.2) is 9.55 Å². The molecule has 1 aliphatic heterocycles. The number of anilines is 1. The van der Waals surface area contributed by atoms with Crippen molar-refractivity contribution < 1.29 is 37.4 Å². The number of esters is 1. The molecule has 2 aromatic heterocycles. The third-order valence-corrected chi connectivity index (χ3v) is 8.10. The van der Waals surface area contributed by atoms with E-state index in [1.165, 1.54) is 18.0 Å². The van der Waals surface area contributed by atoms with Gasteiger partial charge in [-0.05, 0) is 52.2 Å². The maximum Gasteiger partial charge on any atom is 0.459 e. The first-order valence-electron chi connectivity index (χ1n) is 14.3. The van der Waals surface area contributed by atoms with E-state index in [4.69, 9.17) is 33.7 Å². The Labute approximate surface area is 255 Å². The summed E-state index contributed by atoms with van der Waals surface area (Å²) in [6, 6.07) is 7.46. The molecule has 0 aliphatic carbocycles.